The van der Waals surface area contributed by atoms with E-state index in [1.165, 1.54) is 48.7 Å². The third-order valence-corrected chi connectivity index (χ3v) is 21.0. The van der Waals surface area contributed by atoms with Crippen molar-refractivity contribution in [2.45, 2.75) is 83.7 Å². The van der Waals surface area contributed by atoms with Crippen molar-refractivity contribution in [3.63, 3.8) is 0 Å². The summed E-state index contributed by atoms with van der Waals surface area (Å²) in [5.41, 5.74) is 2.10. The maximum absolute atomic E-state index is 14.6. The van der Waals surface area contributed by atoms with E-state index in [0.717, 1.165) is 56.7 Å². The minimum atomic E-state index is -1.32. The number of aromatic carboxylic acids is 1. The van der Waals surface area contributed by atoms with Crippen LogP contribution in [-0.4, -0.2) is 123 Å². The first-order chi connectivity index (χ1) is 44.7. The van der Waals surface area contributed by atoms with Crippen molar-refractivity contribution in [3.8, 4) is 43.4 Å². The largest absolute Gasteiger partial charge is 0.481 e. The first-order valence-electron chi connectivity index (χ1n) is 28.9. The number of carboxylic acid groups (broad SMARTS) is 2. The molecule has 1 saturated carbocycles. The molecule has 1 aliphatic carbocycles. The van der Waals surface area contributed by atoms with Crippen LogP contribution < -0.4 is 31.5 Å². The molecule has 2 aliphatic rings. The number of aliphatic carboxylic acids is 1. The first kappa shape index (κ1) is 65.5. The Bertz CT molecular complexity index is 4320. The molecule has 10 bridgehead atoms. The van der Waals surface area contributed by atoms with E-state index in [1.807, 2.05) is 13.8 Å². The standard InChI is InChI=1S/C61H58N14O12S6/c1-27(2)44-58-74-47(40(93-58)22-87-5)51(80)64-21-43(77)71-48(49(78)29-9-7-6-8-10-29)57-69-39(25-90-57)55-67-37(23-89-55)46-33(53-68-38(24-88-53)50(79)66-35(20-42(76)62-4)56-73-45(28(3)92-56)52(81)72-44)15-16-34(65-46)54-70-41(26-91-54)75(32-17-18-63-36(19-32)61(85)86)59(82)30-11-13-31(14-12-30)60(83)84/h6-10,15-19,23-27,30-31,35,44,48-49,78H,11-14,20-22H2,1-5H3,(H,62,76)(H,64,80)(H,66,79)(H,71,77)(H,72,81)(H,83,84)(H,85,86)/t30-,31-,35-,44?,48-,49-/m0/s1. The highest BCUT2D eigenvalue weighted by molar-refractivity contribution is 7.15. The number of rotatable bonds is 13. The van der Waals surface area contributed by atoms with E-state index in [-0.39, 0.29) is 89.6 Å². The molecule has 1 aromatic carbocycles. The average molecular weight is 1370 g/mol. The maximum atomic E-state index is 14.6. The van der Waals surface area contributed by atoms with E-state index in [0.29, 0.717) is 63.0 Å². The van der Waals surface area contributed by atoms with Crippen molar-refractivity contribution in [1.82, 2.24) is 66.5 Å². The fraction of sp³-hybridized carbons (Fsp3) is 0.311. The van der Waals surface area contributed by atoms with Gasteiger partial charge in [0.05, 0.1) is 53.8 Å². The van der Waals surface area contributed by atoms with Crippen molar-refractivity contribution in [1.29, 1.82) is 0 Å². The normalized spacial score (nSPS) is 18.3. The Kier molecular flexibility index (Phi) is 20.0. The van der Waals surface area contributed by atoms with Crippen LogP contribution in [0.5, 0.6) is 0 Å². The Morgan fingerprint density at radius 3 is 2.12 bits per heavy atom. The predicted octanol–water partition coefficient (Wildman–Crippen LogP) is 8.96. The number of anilines is 2. The lowest BCUT2D eigenvalue weighted by Crippen LogP contribution is -2.40. The number of thiazole rings is 6. The molecule has 26 nitrogen and oxygen atoms in total. The molecule has 4 atom stereocenters. The van der Waals surface area contributed by atoms with E-state index in [2.05, 4.69) is 31.6 Å². The fourth-order valence-electron chi connectivity index (χ4n) is 10.5. The molecule has 0 radical (unpaired) electrons. The number of hydrogen-bond acceptors (Lipinski definition) is 24. The monoisotopic (exact) mass is 1370 g/mol. The average Bonchev–Trinajstić information content (AvgIpc) is 1.70. The van der Waals surface area contributed by atoms with Crippen LogP contribution in [0.15, 0.2) is 82.3 Å². The second kappa shape index (κ2) is 28.5. The van der Waals surface area contributed by atoms with Crippen LogP contribution in [0.25, 0.3) is 43.4 Å². The van der Waals surface area contributed by atoms with Gasteiger partial charge in [0.25, 0.3) is 17.7 Å². The number of hydrogen-bond donors (Lipinski definition) is 8. The number of methoxy groups -OCH3 is 1. The maximum Gasteiger partial charge on any atom is 0.354 e. The number of carboxylic acids is 2. The Morgan fingerprint density at radius 1 is 0.688 bits per heavy atom. The van der Waals surface area contributed by atoms with Crippen molar-refractivity contribution in [3.05, 3.63) is 135 Å². The highest BCUT2D eigenvalue weighted by Crippen LogP contribution is 2.42. The van der Waals surface area contributed by atoms with Crippen LogP contribution in [-0.2, 0) is 30.5 Å². The van der Waals surface area contributed by atoms with Gasteiger partial charge in [-0.3, -0.25) is 38.5 Å². The van der Waals surface area contributed by atoms with E-state index < -0.39 is 90.0 Å². The van der Waals surface area contributed by atoms with Crippen LogP contribution in [0.1, 0.15) is 142 Å². The SMILES string of the molecule is CNC(=O)C[C@@H]1NC(=O)c2csc(n2)-c2ccc(-c3nc(N(c4ccnc(C(=O)O)c4)C(=O)[C@H]4CC[C@H](C(=O)O)CC4)cs3)nc2-c2csc(n2)-c2csc(n2)[C@H]([C@@H](O)c2ccccc2)NC(=O)CNC(=O)c2nc(sc2COC)C(C(C)C)NC(=O)c2nc1sc2C. The third kappa shape index (κ3) is 14.5. The van der Waals surface area contributed by atoms with E-state index >= 15 is 0 Å². The van der Waals surface area contributed by atoms with Gasteiger partial charge in [0.1, 0.15) is 82.0 Å². The zero-order chi connectivity index (χ0) is 65.8. The predicted molar refractivity (Wildman–Crippen MR) is 348 cm³/mol. The molecule has 1 aliphatic heterocycles. The van der Waals surface area contributed by atoms with Gasteiger partial charge >= 0.3 is 11.9 Å². The highest BCUT2D eigenvalue weighted by Gasteiger charge is 2.37. The van der Waals surface area contributed by atoms with Gasteiger partial charge in [-0.1, -0.05) is 44.2 Å². The second-order valence-corrected chi connectivity index (χ2v) is 27.7. The van der Waals surface area contributed by atoms with E-state index in [4.69, 9.17) is 39.6 Å². The highest BCUT2D eigenvalue weighted by atomic mass is 32.1. The zero-order valence-electron chi connectivity index (χ0n) is 50.1. The minimum Gasteiger partial charge on any atom is -0.481 e. The quantitative estimate of drug-likeness (QED) is 0.0533. The van der Waals surface area contributed by atoms with Gasteiger partial charge in [0.15, 0.2) is 5.82 Å². The summed E-state index contributed by atoms with van der Waals surface area (Å²) in [5.74, 6) is -7.00. The first-order valence-corrected chi connectivity index (χ1v) is 34.1. The molecular formula is C61H58N14O12S6. The fourth-order valence-corrected chi connectivity index (χ4v) is 16.0. The van der Waals surface area contributed by atoms with Crippen LogP contribution >= 0.6 is 68.0 Å². The van der Waals surface area contributed by atoms with Gasteiger partial charge < -0.3 is 46.6 Å². The van der Waals surface area contributed by atoms with Gasteiger partial charge in [0, 0.05) is 58.2 Å². The Labute approximate surface area is 554 Å². The number of carbonyl (C=O) groups excluding carboxylic acids is 6. The van der Waals surface area contributed by atoms with Gasteiger partial charge in [-0.2, -0.15) is 0 Å². The summed E-state index contributed by atoms with van der Waals surface area (Å²) in [4.78, 5) is 149. The van der Waals surface area contributed by atoms with Crippen LogP contribution in [0.2, 0.25) is 0 Å². The molecule has 0 saturated heterocycles. The number of aryl methyl sites for hydroxylation is 1. The summed E-state index contributed by atoms with van der Waals surface area (Å²) in [5, 5.41) is 54.4. The third-order valence-electron chi connectivity index (χ3n) is 15.3. The smallest absolute Gasteiger partial charge is 0.354 e. The molecule has 0 spiro atoms. The number of nitrogens with zero attached hydrogens (tertiary/aromatic N) is 9. The van der Waals surface area contributed by atoms with Gasteiger partial charge in [-0.05, 0) is 68.4 Å². The van der Waals surface area contributed by atoms with E-state index in [1.54, 1.807) is 70.9 Å². The lowest BCUT2D eigenvalue weighted by molar-refractivity contribution is -0.144. The molecule has 480 valence electrons. The summed E-state index contributed by atoms with van der Waals surface area (Å²) in [6.07, 6.45) is 0.833. The number of ether oxygens (including phenoxy) is 1. The van der Waals surface area contributed by atoms with Crippen LogP contribution in [0, 0.1) is 24.7 Å². The summed E-state index contributed by atoms with van der Waals surface area (Å²) < 4.78 is 5.46. The number of amides is 6. The molecular weight excluding hydrogens is 1310 g/mol. The Morgan fingerprint density at radius 2 is 1.39 bits per heavy atom. The van der Waals surface area contributed by atoms with Gasteiger partial charge in [0.2, 0.25) is 17.7 Å². The topological polar surface area (TPSA) is 373 Å². The molecule has 11 rings (SSSR count). The molecule has 1 unspecified atom stereocenters. The number of aliphatic hydroxyl groups excluding tert-OH is 1. The minimum absolute atomic E-state index is 0.0176. The molecule has 8 N–H and O–H groups in total. The lowest BCUT2D eigenvalue weighted by Gasteiger charge is -2.30. The molecule has 9 heterocycles. The lowest BCUT2D eigenvalue weighted by atomic mass is 9.81. The number of fused-ring (bicyclic) bond motifs is 14. The summed E-state index contributed by atoms with van der Waals surface area (Å²) >= 11 is 6.94. The molecule has 1 fully saturated rings. The van der Waals surface area contributed by atoms with Crippen molar-refractivity contribution in [2.75, 3.05) is 25.6 Å². The molecule has 9 aromatic rings. The second-order valence-electron chi connectivity index (χ2n) is 21.9. The van der Waals surface area contributed by atoms with Crippen molar-refractivity contribution in [2.24, 2.45) is 17.8 Å². The number of carbonyl (C=O) groups is 8. The number of aliphatic hydroxyl groups is 1. The molecule has 93 heavy (non-hydrogen) atoms. The van der Waals surface area contributed by atoms with Gasteiger partial charge in [-0.25, -0.2) is 44.7 Å². The number of benzene rings is 1. The van der Waals surface area contributed by atoms with Crippen LogP contribution in [0.4, 0.5) is 11.5 Å². The van der Waals surface area contributed by atoms with E-state index in [9.17, 15) is 53.7 Å². The van der Waals surface area contributed by atoms with Crippen molar-refractivity contribution >= 4 is 127 Å². The Hall–Kier alpha value is -9.02. The van der Waals surface area contributed by atoms with Crippen LogP contribution in [0.3, 0.4) is 0 Å². The number of pyridine rings is 2. The Balaban J connectivity index is 0.998. The summed E-state index contributed by atoms with van der Waals surface area (Å²) in [7, 11) is 2.91. The molecule has 32 heteroatoms. The summed E-state index contributed by atoms with van der Waals surface area (Å²) in [6.45, 7) is 4.87. The number of aromatic nitrogens is 8. The zero-order valence-corrected chi connectivity index (χ0v) is 55.0. The molecule has 6 amide bonds. The number of nitrogens with one attached hydrogen (secondary N) is 5. The van der Waals surface area contributed by atoms with Gasteiger partial charge in [-0.15, -0.1) is 68.0 Å². The summed E-state index contributed by atoms with van der Waals surface area (Å²) in [6, 6.07) is 12.0. The van der Waals surface area contributed by atoms with Crippen molar-refractivity contribution < 1.29 is 58.4 Å². The molecule has 8 aromatic heterocycles.